The zero-order valence-electron chi connectivity index (χ0n) is 17.0. The van der Waals surface area contributed by atoms with E-state index in [1.54, 1.807) is 42.8 Å². The van der Waals surface area contributed by atoms with Crippen molar-refractivity contribution in [1.29, 1.82) is 0 Å². The molecule has 0 fully saturated rings. The molecule has 0 bridgehead atoms. The smallest absolute Gasteiger partial charge is 0.233 e. The molecule has 2 aromatic carbocycles. The first-order valence-electron chi connectivity index (χ1n) is 9.09. The van der Waals surface area contributed by atoms with Crippen molar-refractivity contribution in [2.75, 3.05) is 0 Å². The third-order valence-electron chi connectivity index (χ3n) is 4.05. The lowest BCUT2D eigenvalue weighted by atomic mass is 10.2. The van der Waals surface area contributed by atoms with Gasteiger partial charge in [-0.25, -0.2) is 4.68 Å². The van der Waals surface area contributed by atoms with Gasteiger partial charge in [-0.3, -0.25) is 0 Å². The van der Waals surface area contributed by atoms with E-state index in [4.69, 9.17) is 37.4 Å². The lowest BCUT2D eigenvalue weighted by Crippen LogP contribution is -1.96. The van der Waals surface area contributed by atoms with Crippen LogP contribution in [0.4, 0.5) is 0 Å². The number of hydrogen-bond donors (Lipinski definition) is 0. The number of ether oxygens (including phenoxy) is 3. The molecule has 0 N–H and O–H groups in total. The van der Waals surface area contributed by atoms with E-state index < -0.39 is 0 Å². The average Bonchev–Trinajstić information content (AvgIpc) is 2.98. The summed E-state index contributed by atoms with van der Waals surface area (Å²) in [5.74, 6) is 9.58. The van der Waals surface area contributed by atoms with Gasteiger partial charge in [0.1, 0.15) is 38.8 Å². The van der Waals surface area contributed by atoms with Crippen LogP contribution in [0, 0.1) is 18.8 Å². The van der Waals surface area contributed by atoms with Crippen molar-refractivity contribution in [2.45, 2.75) is 20.8 Å². The van der Waals surface area contributed by atoms with Gasteiger partial charge >= 0.3 is 0 Å². The van der Waals surface area contributed by atoms with E-state index in [-0.39, 0.29) is 4.49 Å². The Labute approximate surface area is 185 Å². The standard InChI is InChI=1S/C23H20Cl2N2O3/c1-5-6-21-15(2)26-27(4)23(21)30-20-13-11-19(12-14-20)29-18-9-7-17(8-10-18)28-16(3)22(24)25/h7-14H,1-4H3. The maximum Gasteiger partial charge on any atom is 0.233 e. The van der Waals surface area contributed by atoms with Crippen LogP contribution in [-0.4, -0.2) is 9.78 Å². The Kier molecular flexibility index (Phi) is 6.94. The molecule has 0 unspecified atom stereocenters. The number of aryl methyl sites for hydroxylation is 2. The highest BCUT2D eigenvalue weighted by Gasteiger charge is 2.14. The molecule has 0 aliphatic heterocycles. The van der Waals surface area contributed by atoms with Gasteiger partial charge in [0.25, 0.3) is 0 Å². The largest absolute Gasteiger partial charge is 0.460 e. The summed E-state index contributed by atoms with van der Waals surface area (Å²) in [6.45, 7) is 5.38. The highest BCUT2D eigenvalue weighted by molar-refractivity contribution is 6.56. The number of benzene rings is 2. The van der Waals surface area contributed by atoms with E-state index in [0.29, 0.717) is 34.6 Å². The quantitative estimate of drug-likeness (QED) is 0.313. The van der Waals surface area contributed by atoms with Gasteiger partial charge in [0.2, 0.25) is 5.88 Å². The molecule has 0 aliphatic rings. The molecule has 154 valence electrons. The normalized spacial score (nSPS) is 10.1. The Bertz CT molecular complexity index is 1120. The Balaban J connectivity index is 1.68. The second-order valence-corrected chi connectivity index (χ2v) is 7.28. The minimum Gasteiger partial charge on any atom is -0.460 e. The fourth-order valence-corrected chi connectivity index (χ4v) is 2.71. The second kappa shape index (κ2) is 9.62. The fraction of sp³-hybridized carbons (Fsp3) is 0.174. The van der Waals surface area contributed by atoms with Gasteiger partial charge in [-0.1, -0.05) is 29.1 Å². The van der Waals surface area contributed by atoms with Gasteiger partial charge in [0.15, 0.2) is 0 Å². The van der Waals surface area contributed by atoms with Crippen LogP contribution in [0.2, 0.25) is 0 Å². The summed E-state index contributed by atoms with van der Waals surface area (Å²) in [5, 5.41) is 4.37. The van der Waals surface area contributed by atoms with Crippen LogP contribution in [0.1, 0.15) is 25.1 Å². The van der Waals surface area contributed by atoms with Crippen LogP contribution >= 0.6 is 23.2 Å². The minimum absolute atomic E-state index is 0.0905. The number of halogens is 2. The highest BCUT2D eigenvalue weighted by atomic mass is 35.5. The maximum absolute atomic E-state index is 5.99. The van der Waals surface area contributed by atoms with Crippen LogP contribution in [0.3, 0.4) is 0 Å². The Morgan fingerprint density at radius 1 is 0.900 bits per heavy atom. The summed E-state index contributed by atoms with van der Waals surface area (Å²) < 4.78 is 19.1. The molecule has 30 heavy (non-hydrogen) atoms. The molecule has 3 aromatic rings. The summed E-state index contributed by atoms with van der Waals surface area (Å²) >= 11 is 11.4. The van der Waals surface area contributed by atoms with Crippen molar-refractivity contribution in [3.63, 3.8) is 0 Å². The summed E-state index contributed by atoms with van der Waals surface area (Å²) in [4.78, 5) is 0. The van der Waals surface area contributed by atoms with Gasteiger partial charge < -0.3 is 14.2 Å². The topological polar surface area (TPSA) is 45.5 Å². The number of hydrogen-bond acceptors (Lipinski definition) is 4. The van der Waals surface area contributed by atoms with Crippen molar-refractivity contribution in [3.05, 3.63) is 70.0 Å². The Morgan fingerprint density at radius 3 is 1.90 bits per heavy atom. The third kappa shape index (κ3) is 5.29. The molecular formula is C23H20Cl2N2O3. The predicted octanol–water partition coefficient (Wildman–Crippen LogP) is 6.73. The van der Waals surface area contributed by atoms with Crippen molar-refractivity contribution in [2.24, 2.45) is 7.05 Å². The van der Waals surface area contributed by atoms with Gasteiger partial charge in [0.05, 0.1) is 5.69 Å². The summed E-state index contributed by atoms with van der Waals surface area (Å²) in [6, 6.07) is 14.4. The maximum atomic E-state index is 5.99. The molecule has 1 heterocycles. The molecule has 1 aromatic heterocycles. The van der Waals surface area contributed by atoms with E-state index in [9.17, 15) is 0 Å². The third-order valence-corrected chi connectivity index (χ3v) is 4.59. The molecule has 0 spiro atoms. The molecule has 0 saturated heterocycles. The number of nitrogens with zero attached hydrogens (tertiary/aromatic N) is 2. The minimum atomic E-state index is 0.0905. The number of allylic oxidation sites excluding steroid dienone is 1. The van der Waals surface area contributed by atoms with E-state index >= 15 is 0 Å². The zero-order chi connectivity index (χ0) is 21.7. The molecule has 7 heteroatoms. The molecular weight excluding hydrogens is 423 g/mol. The highest BCUT2D eigenvalue weighted by Crippen LogP contribution is 2.30. The molecule has 0 radical (unpaired) electrons. The van der Waals surface area contributed by atoms with Crippen LogP contribution in [0.25, 0.3) is 0 Å². The Hall–Kier alpha value is -3.07. The molecule has 0 aliphatic carbocycles. The van der Waals surface area contributed by atoms with Crippen molar-refractivity contribution < 1.29 is 14.2 Å². The first-order valence-corrected chi connectivity index (χ1v) is 9.85. The van der Waals surface area contributed by atoms with Crippen molar-refractivity contribution >= 4 is 23.2 Å². The fourth-order valence-electron chi connectivity index (χ4n) is 2.64. The monoisotopic (exact) mass is 442 g/mol. The molecule has 5 nitrogen and oxygen atoms in total. The van der Waals surface area contributed by atoms with E-state index in [1.807, 2.05) is 38.2 Å². The molecule has 0 saturated carbocycles. The lowest BCUT2D eigenvalue weighted by Gasteiger charge is -2.10. The van der Waals surface area contributed by atoms with E-state index in [0.717, 1.165) is 11.3 Å². The number of aromatic nitrogens is 2. The van der Waals surface area contributed by atoms with Gasteiger partial charge in [-0.05, 0) is 69.3 Å². The molecule has 0 amide bonds. The van der Waals surface area contributed by atoms with Gasteiger partial charge in [-0.15, -0.1) is 5.92 Å². The first kappa shape index (κ1) is 21.6. The van der Waals surface area contributed by atoms with E-state index in [2.05, 4.69) is 16.9 Å². The predicted molar refractivity (Wildman–Crippen MR) is 119 cm³/mol. The molecule has 3 rings (SSSR count). The average molecular weight is 443 g/mol. The summed E-state index contributed by atoms with van der Waals surface area (Å²) in [7, 11) is 1.83. The SMILES string of the molecule is CC#Cc1c(C)nn(C)c1Oc1ccc(Oc2ccc(OC(C)=C(Cl)Cl)cc2)cc1. The van der Waals surface area contributed by atoms with Crippen LogP contribution < -0.4 is 14.2 Å². The van der Waals surface area contributed by atoms with Crippen molar-refractivity contribution in [3.8, 4) is 40.7 Å². The van der Waals surface area contributed by atoms with Crippen LogP contribution in [0.15, 0.2) is 58.8 Å². The zero-order valence-corrected chi connectivity index (χ0v) is 18.5. The Morgan fingerprint density at radius 2 is 1.40 bits per heavy atom. The van der Waals surface area contributed by atoms with Gasteiger partial charge in [-0.2, -0.15) is 5.10 Å². The van der Waals surface area contributed by atoms with E-state index in [1.165, 1.54) is 0 Å². The summed E-state index contributed by atoms with van der Waals surface area (Å²) in [6.07, 6.45) is 0. The second-order valence-electron chi connectivity index (χ2n) is 6.33. The van der Waals surface area contributed by atoms with Crippen LogP contribution in [0.5, 0.6) is 28.9 Å². The van der Waals surface area contributed by atoms with Crippen LogP contribution in [-0.2, 0) is 7.05 Å². The first-order chi connectivity index (χ1) is 14.4. The molecule has 0 atom stereocenters. The summed E-state index contributed by atoms with van der Waals surface area (Å²) in [5.41, 5.74) is 1.61. The van der Waals surface area contributed by atoms with Crippen molar-refractivity contribution in [1.82, 2.24) is 9.78 Å². The lowest BCUT2D eigenvalue weighted by molar-refractivity contribution is 0.424. The number of rotatable bonds is 6. The van der Waals surface area contributed by atoms with Gasteiger partial charge in [0, 0.05) is 7.05 Å².